The summed E-state index contributed by atoms with van der Waals surface area (Å²) in [4.78, 5) is 23.2. The maximum Gasteiger partial charge on any atom is 0.230 e. The smallest absolute Gasteiger partial charge is 0.230 e. The van der Waals surface area contributed by atoms with Crippen molar-refractivity contribution in [2.75, 3.05) is 0 Å². The lowest BCUT2D eigenvalue weighted by molar-refractivity contribution is -0.126. The first-order chi connectivity index (χ1) is 8.20. The molecule has 0 spiro atoms. The van der Waals surface area contributed by atoms with Crippen LogP contribution in [0.4, 0.5) is 0 Å². The van der Waals surface area contributed by atoms with Gasteiger partial charge in [-0.05, 0) is 32.1 Å². The molecule has 1 rings (SSSR count). The molecule has 96 valence electrons. The number of unbranched alkanes of at least 4 members (excludes halogenated alkanes) is 1. The summed E-state index contributed by atoms with van der Waals surface area (Å²) in [5.74, 6) is -0.293. The molecule has 1 saturated heterocycles. The summed E-state index contributed by atoms with van der Waals surface area (Å²) >= 11 is 0. The van der Waals surface area contributed by atoms with Crippen LogP contribution in [-0.4, -0.2) is 11.8 Å². The van der Waals surface area contributed by atoms with Gasteiger partial charge in [-0.2, -0.15) is 0 Å². The molecule has 1 aliphatic rings. The van der Waals surface area contributed by atoms with Gasteiger partial charge in [-0.25, -0.2) is 0 Å². The number of hydrogen-bond donors (Lipinski definition) is 1. The van der Waals surface area contributed by atoms with Gasteiger partial charge in [0.25, 0.3) is 0 Å². The number of allylic oxidation sites excluding steroid dienone is 2. The standard InChI is InChI=1S/C14H23NO2/c1-3-5-6-7-8-10-12-11(9-4-2)13(16)15-14(12)17/h5-6,11-12H,3-4,7-10H2,1-2H3,(H,15,16,17). The molecule has 0 saturated carbocycles. The number of imide groups is 1. The second kappa shape index (κ2) is 7.25. The molecule has 17 heavy (non-hydrogen) atoms. The molecule has 2 atom stereocenters. The first kappa shape index (κ1) is 13.9. The average Bonchev–Trinajstić information content (AvgIpc) is 2.56. The zero-order valence-electron chi connectivity index (χ0n) is 10.9. The summed E-state index contributed by atoms with van der Waals surface area (Å²) in [5.41, 5.74) is 0. The molecular formula is C14H23NO2. The summed E-state index contributed by atoms with van der Waals surface area (Å²) in [6, 6.07) is 0. The minimum atomic E-state index is -0.0857. The van der Waals surface area contributed by atoms with Gasteiger partial charge in [-0.15, -0.1) is 0 Å². The van der Waals surface area contributed by atoms with E-state index in [0.717, 1.165) is 38.5 Å². The van der Waals surface area contributed by atoms with Crippen LogP contribution in [-0.2, 0) is 9.59 Å². The van der Waals surface area contributed by atoms with Crippen molar-refractivity contribution in [1.29, 1.82) is 0 Å². The highest BCUT2D eigenvalue weighted by molar-refractivity contribution is 6.04. The summed E-state index contributed by atoms with van der Waals surface area (Å²) in [5, 5.41) is 2.46. The molecule has 3 heteroatoms. The largest absolute Gasteiger partial charge is 0.296 e. The van der Waals surface area contributed by atoms with Gasteiger partial charge in [0, 0.05) is 11.8 Å². The highest BCUT2D eigenvalue weighted by atomic mass is 16.2. The van der Waals surface area contributed by atoms with Crippen LogP contribution in [0.1, 0.15) is 52.4 Å². The fourth-order valence-electron chi connectivity index (χ4n) is 2.39. The molecule has 0 radical (unpaired) electrons. The molecule has 0 bridgehead atoms. The van der Waals surface area contributed by atoms with Crippen molar-refractivity contribution in [3.05, 3.63) is 12.2 Å². The van der Waals surface area contributed by atoms with Gasteiger partial charge < -0.3 is 0 Å². The number of carbonyl (C=O) groups is 2. The summed E-state index contributed by atoms with van der Waals surface area (Å²) in [6.07, 6.45) is 9.96. The Morgan fingerprint density at radius 1 is 1.06 bits per heavy atom. The Kier molecular flexibility index (Phi) is 5.95. The number of hydrogen-bond acceptors (Lipinski definition) is 2. The maximum absolute atomic E-state index is 11.6. The minimum Gasteiger partial charge on any atom is -0.296 e. The van der Waals surface area contributed by atoms with Crippen LogP contribution in [0.5, 0.6) is 0 Å². The van der Waals surface area contributed by atoms with Crippen LogP contribution in [0, 0.1) is 11.8 Å². The van der Waals surface area contributed by atoms with E-state index in [0.29, 0.717) is 0 Å². The third-order valence-corrected chi connectivity index (χ3v) is 3.29. The lowest BCUT2D eigenvalue weighted by Crippen LogP contribution is -2.22. The monoisotopic (exact) mass is 237 g/mol. The molecular weight excluding hydrogens is 214 g/mol. The first-order valence-electron chi connectivity index (χ1n) is 6.70. The van der Waals surface area contributed by atoms with E-state index >= 15 is 0 Å². The number of carbonyl (C=O) groups excluding carboxylic acids is 2. The zero-order chi connectivity index (χ0) is 12.7. The van der Waals surface area contributed by atoms with Crippen molar-refractivity contribution >= 4 is 11.8 Å². The molecule has 2 unspecified atom stereocenters. The van der Waals surface area contributed by atoms with Gasteiger partial charge in [0.1, 0.15) is 0 Å². The van der Waals surface area contributed by atoms with Crippen LogP contribution in [0.2, 0.25) is 0 Å². The Morgan fingerprint density at radius 3 is 2.29 bits per heavy atom. The number of rotatable bonds is 7. The van der Waals surface area contributed by atoms with Crippen molar-refractivity contribution in [3.8, 4) is 0 Å². The van der Waals surface area contributed by atoms with Gasteiger partial charge in [-0.3, -0.25) is 14.9 Å². The molecule has 1 heterocycles. The third-order valence-electron chi connectivity index (χ3n) is 3.29. The lowest BCUT2D eigenvalue weighted by atomic mass is 9.87. The van der Waals surface area contributed by atoms with E-state index in [4.69, 9.17) is 0 Å². The molecule has 0 aliphatic carbocycles. The Hall–Kier alpha value is -1.12. The van der Waals surface area contributed by atoms with Gasteiger partial charge >= 0.3 is 0 Å². The maximum atomic E-state index is 11.6. The van der Waals surface area contributed by atoms with E-state index in [1.807, 2.05) is 0 Å². The van der Waals surface area contributed by atoms with Crippen LogP contribution < -0.4 is 5.32 Å². The number of nitrogens with one attached hydrogen (secondary N) is 1. The van der Waals surface area contributed by atoms with Crippen molar-refractivity contribution in [2.45, 2.75) is 52.4 Å². The van der Waals surface area contributed by atoms with Crippen molar-refractivity contribution in [3.63, 3.8) is 0 Å². The zero-order valence-corrected chi connectivity index (χ0v) is 10.9. The molecule has 1 fully saturated rings. The Bertz CT molecular complexity index is 297. The third kappa shape index (κ3) is 3.99. The Morgan fingerprint density at radius 2 is 1.71 bits per heavy atom. The number of amides is 2. The van der Waals surface area contributed by atoms with Gasteiger partial charge in [0.2, 0.25) is 11.8 Å². The topological polar surface area (TPSA) is 46.2 Å². The van der Waals surface area contributed by atoms with E-state index in [-0.39, 0.29) is 23.7 Å². The predicted octanol–water partition coefficient (Wildman–Crippen LogP) is 2.81. The van der Waals surface area contributed by atoms with Crippen molar-refractivity contribution in [1.82, 2.24) is 5.32 Å². The molecule has 3 nitrogen and oxygen atoms in total. The van der Waals surface area contributed by atoms with Crippen molar-refractivity contribution < 1.29 is 9.59 Å². The molecule has 0 aromatic rings. The second-order valence-corrected chi connectivity index (χ2v) is 4.67. The highest BCUT2D eigenvalue weighted by Gasteiger charge is 2.39. The van der Waals surface area contributed by atoms with E-state index in [1.165, 1.54) is 0 Å². The van der Waals surface area contributed by atoms with Gasteiger partial charge in [0.05, 0.1) is 0 Å². The van der Waals surface area contributed by atoms with Crippen LogP contribution in [0.25, 0.3) is 0 Å². The average molecular weight is 237 g/mol. The van der Waals surface area contributed by atoms with Gasteiger partial charge in [0.15, 0.2) is 0 Å². The van der Waals surface area contributed by atoms with E-state index in [9.17, 15) is 9.59 Å². The van der Waals surface area contributed by atoms with Crippen LogP contribution in [0.3, 0.4) is 0 Å². The summed E-state index contributed by atoms with van der Waals surface area (Å²) in [7, 11) is 0. The molecule has 2 amide bonds. The molecule has 1 aliphatic heterocycles. The molecule has 0 aromatic heterocycles. The second-order valence-electron chi connectivity index (χ2n) is 4.67. The molecule has 1 N–H and O–H groups in total. The van der Waals surface area contributed by atoms with Gasteiger partial charge in [-0.1, -0.05) is 32.4 Å². The quantitative estimate of drug-likeness (QED) is 0.420. The highest BCUT2D eigenvalue weighted by Crippen LogP contribution is 2.28. The first-order valence-corrected chi connectivity index (χ1v) is 6.70. The lowest BCUT2D eigenvalue weighted by Gasteiger charge is -2.13. The Labute approximate surface area is 104 Å². The summed E-state index contributed by atoms with van der Waals surface area (Å²) < 4.78 is 0. The van der Waals surface area contributed by atoms with E-state index < -0.39 is 0 Å². The molecule has 0 aromatic carbocycles. The summed E-state index contributed by atoms with van der Waals surface area (Å²) in [6.45, 7) is 4.16. The normalized spacial score (nSPS) is 24.6. The fourth-order valence-corrected chi connectivity index (χ4v) is 2.39. The SMILES string of the molecule is CCC=CCCCC1C(=O)NC(=O)C1CCC. The van der Waals surface area contributed by atoms with Crippen LogP contribution >= 0.6 is 0 Å². The Balaban J connectivity index is 2.41. The van der Waals surface area contributed by atoms with Crippen molar-refractivity contribution in [2.24, 2.45) is 11.8 Å². The fraction of sp³-hybridized carbons (Fsp3) is 0.714. The van der Waals surface area contributed by atoms with E-state index in [2.05, 4.69) is 31.3 Å². The minimum absolute atomic E-state index is 0.0621. The van der Waals surface area contributed by atoms with Crippen LogP contribution in [0.15, 0.2) is 12.2 Å². The van der Waals surface area contributed by atoms with E-state index in [1.54, 1.807) is 0 Å². The predicted molar refractivity (Wildman–Crippen MR) is 68.3 cm³/mol.